The van der Waals surface area contributed by atoms with Crippen LogP contribution in [0.3, 0.4) is 0 Å². The van der Waals surface area contributed by atoms with Gasteiger partial charge in [0, 0.05) is 25.0 Å². The number of likely N-dealkylation sites (tertiary alicyclic amines) is 1. The molecule has 1 aliphatic rings. The minimum Gasteiger partial charge on any atom is -0.348 e. The van der Waals surface area contributed by atoms with Gasteiger partial charge in [-0.05, 0) is 38.8 Å². The highest BCUT2D eigenvalue weighted by Gasteiger charge is 2.23. The molecule has 1 saturated heterocycles. The van der Waals surface area contributed by atoms with Gasteiger partial charge in [0.15, 0.2) is 0 Å². The summed E-state index contributed by atoms with van der Waals surface area (Å²) in [5.74, 6) is 1.80. The average molecular weight is 236 g/mol. The Morgan fingerprint density at radius 2 is 2.53 bits per heavy atom. The molecule has 0 bridgehead atoms. The Bertz CT molecular complexity index is 309. The summed E-state index contributed by atoms with van der Waals surface area (Å²) >= 11 is 0. The van der Waals surface area contributed by atoms with Crippen LogP contribution in [0.4, 0.5) is 0 Å². The Morgan fingerprint density at radius 3 is 3.24 bits per heavy atom. The van der Waals surface area contributed by atoms with E-state index in [1.54, 1.807) is 6.20 Å². The lowest BCUT2D eigenvalue weighted by Crippen LogP contribution is -2.44. The molecule has 0 amide bonds. The molecule has 1 aromatic heterocycles. The fourth-order valence-electron chi connectivity index (χ4n) is 2.61. The van der Waals surface area contributed by atoms with Gasteiger partial charge in [-0.2, -0.15) is 0 Å². The topological polar surface area (TPSA) is 44.0 Å². The van der Waals surface area contributed by atoms with Crippen LogP contribution in [-0.2, 0) is 6.54 Å². The van der Waals surface area contributed by atoms with Crippen molar-refractivity contribution in [2.45, 2.75) is 39.3 Å². The van der Waals surface area contributed by atoms with Crippen molar-refractivity contribution < 1.29 is 0 Å². The van der Waals surface area contributed by atoms with E-state index in [-0.39, 0.29) is 0 Å². The summed E-state index contributed by atoms with van der Waals surface area (Å²) in [4.78, 5) is 9.92. The van der Waals surface area contributed by atoms with Crippen molar-refractivity contribution in [2.24, 2.45) is 5.92 Å². The quantitative estimate of drug-likeness (QED) is 0.816. The summed E-state index contributed by atoms with van der Waals surface area (Å²) in [7, 11) is 0. The second-order valence-electron chi connectivity index (χ2n) is 5.00. The molecule has 0 spiro atoms. The summed E-state index contributed by atoms with van der Waals surface area (Å²) in [6, 6.07) is 0.564. The highest BCUT2D eigenvalue weighted by atomic mass is 15.1. The Balaban J connectivity index is 1.76. The lowest BCUT2D eigenvalue weighted by molar-refractivity contribution is 0.156. The van der Waals surface area contributed by atoms with Crippen LogP contribution in [0.1, 0.15) is 32.5 Å². The third-order valence-electron chi connectivity index (χ3n) is 3.84. The van der Waals surface area contributed by atoms with E-state index in [4.69, 9.17) is 0 Å². The van der Waals surface area contributed by atoms with E-state index < -0.39 is 0 Å². The van der Waals surface area contributed by atoms with Crippen LogP contribution < -0.4 is 5.32 Å². The molecule has 0 aliphatic carbocycles. The van der Waals surface area contributed by atoms with Crippen LogP contribution >= 0.6 is 0 Å². The molecule has 0 radical (unpaired) electrons. The van der Waals surface area contributed by atoms with E-state index >= 15 is 0 Å². The fraction of sp³-hybridized carbons (Fsp3) is 0.769. The van der Waals surface area contributed by atoms with E-state index in [1.807, 2.05) is 6.20 Å². The number of rotatable bonds is 5. The zero-order valence-electron chi connectivity index (χ0n) is 10.9. The van der Waals surface area contributed by atoms with Crippen LogP contribution in [0.15, 0.2) is 12.4 Å². The Labute approximate surface area is 104 Å². The molecule has 2 atom stereocenters. The first-order valence-electron chi connectivity index (χ1n) is 6.73. The third kappa shape index (κ3) is 3.54. The average Bonchev–Trinajstić information content (AvgIpc) is 2.89. The van der Waals surface area contributed by atoms with Gasteiger partial charge in [-0.25, -0.2) is 4.98 Å². The highest BCUT2D eigenvalue weighted by Crippen LogP contribution is 2.19. The van der Waals surface area contributed by atoms with E-state index in [0.29, 0.717) is 6.04 Å². The molecule has 1 aromatic rings. The van der Waals surface area contributed by atoms with Gasteiger partial charge in [-0.1, -0.05) is 6.92 Å². The molecule has 0 saturated carbocycles. The number of hydrogen-bond acceptors (Lipinski definition) is 3. The number of nitrogens with zero attached hydrogens (tertiary/aromatic N) is 2. The number of imidazole rings is 1. The minimum absolute atomic E-state index is 0.564. The van der Waals surface area contributed by atoms with Gasteiger partial charge in [0.1, 0.15) is 5.82 Å². The zero-order chi connectivity index (χ0) is 12.1. The molecule has 2 rings (SSSR count). The number of H-pyrrole nitrogens is 1. The smallest absolute Gasteiger partial charge is 0.120 e. The summed E-state index contributed by atoms with van der Waals surface area (Å²) in [5, 5.41) is 3.58. The SMILES string of the molecule is CCN1CCCC(C(C)NCc2ncc[nH]2)C1. The van der Waals surface area contributed by atoms with Crippen LogP contribution in [0, 0.1) is 5.92 Å². The van der Waals surface area contributed by atoms with Gasteiger partial charge in [-0.3, -0.25) is 0 Å². The van der Waals surface area contributed by atoms with Gasteiger partial charge in [0.05, 0.1) is 6.54 Å². The van der Waals surface area contributed by atoms with Gasteiger partial charge in [0.25, 0.3) is 0 Å². The maximum Gasteiger partial charge on any atom is 0.120 e. The largest absolute Gasteiger partial charge is 0.348 e. The van der Waals surface area contributed by atoms with Crippen LogP contribution in [-0.4, -0.2) is 40.5 Å². The molecule has 1 fully saturated rings. The number of aromatic nitrogens is 2. The molecule has 0 aromatic carbocycles. The first kappa shape index (κ1) is 12.6. The van der Waals surface area contributed by atoms with Gasteiger partial charge >= 0.3 is 0 Å². The molecular formula is C13H24N4. The highest BCUT2D eigenvalue weighted by molar-refractivity contribution is 4.88. The van der Waals surface area contributed by atoms with Crippen LogP contribution in [0.25, 0.3) is 0 Å². The molecule has 17 heavy (non-hydrogen) atoms. The molecule has 96 valence electrons. The first-order chi connectivity index (χ1) is 8.29. The lowest BCUT2D eigenvalue weighted by Gasteiger charge is -2.35. The Hall–Kier alpha value is -0.870. The van der Waals surface area contributed by atoms with Crippen molar-refractivity contribution in [3.63, 3.8) is 0 Å². The summed E-state index contributed by atoms with van der Waals surface area (Å²) in [6.45, 7) is 9.09. The number of piperidine rings is 1. The summed E-state index contributed by atoms with van der Waals surface area (Å²) < 4.78 is 0. The van der Waals surface area contributed by atoms with Crippen molar-refractivity contribution in [1.29, 1.82) is 0 Å². The predicted molar refractivity (Wildman–Crippen MR) is 69.7 cm³/mol. The van der Waals surface area contributed by atoms with Crippen molar-refractivity contribution >= 4 is 0 Å². The van der Waals surface area contributed by atoms with Crippen molar-refractivity contribution in [3.05, 3.63) is 18.2 Å². The molecule has 2 N–H and O–H groups in total. The van der Waals surface area contributed by atoms with E-state index in [1.165, 1.54) is 32.5 Å². The third-order valence-corrected chi connectivity index (χ3v) is 3.84. The minimum atomic E-state index is 0.564. The molecule has 2 unspecified atom stereocenters. The number of nitrogens with one attached hydrogen (secondary N) is 2. The maximum absolute atomic E-state index is 4.24. The molecule has 2 heterocycles. The maximum atomic E-state index is 4.24. The molecule has 4 heteroatoms. The van der Waals surface area contributed by atoms with Crippen LogP contribution in [0.2, 0.25) is 0 Å². The van der Waals surface area contributed by atoms with Crippen LogP contribution in [0.5, 0.6) is 0 Å². The molecular weight excluding hydrogens is 212 g/mol. The number of aromatic amines is 1. The fourth-order valence-corrected chi connectivity index (χ4v) is 2.61. The van der Waals surface area contributed by atoms with E-state index in [2.05, 4.69) is 34.0 Å². The molecule has 4 nitrogen and oxygen atoms in total. The Morgan fingerprint density at radius 1 is 1.65 bits per heavy atom. The first-order valence-corrected chi connectivity index (χ1v) is 6.73. The van der Waals surface area contributed by atoms with Crippen molar-refractivity contribution in [3.8, 4) is 0 Å². The van der Waals surface area contributed by atoms with E-state index in [0.717, 1.165) is 18.3 Å². The van der Waals surface area contributed by atoms with Gasteiger partial charge < -0.3 is 15.2 Å². The van der Waals surface area contributed by atoms with Crippen molar-refractivity contribution in [1.82, 2.24) is 20.2 Å². The second kappa shape index (κ2) is 6.17. The summed E-state index contributed by atoms with van der Waals surface area (Å²) in [5.41, 5.74) is 0. The van der Waals surface area contributed by atoms with Gasteiger partial charge in [0.2, 0.25) is 0 Å². The zero-order valence-corrected chi connectivity index (χ0v) is 10.9. The number of hydrogen-bond donors (Lipinski definition) is 2. The second-order valence-corrected chi connectivity index (χ2v) is 5.00. The predicted octanol–water partition coefficient (Wildman–Crippen LogP) is 1.62. The van der Waals surface area contributed by atoms with E-state index in [9.17, 15) is 0 Å². The normalized spacial score (nSPS) is 23.8. The summed E-state index contributed by atoms with van der Waals surface area (Å²) in [6.07, 6.45) is 6.37. The lowest BCUT2D eigenvalue weighted by atomic mass is 9.91. The Kier molecular flexibility index (Phi) is 4.57. The van der Waals surface area contributed by atoms with Gasteiger partial charge in [-0.15, -0.1) is 0 Å². The molecule has 1 aliphatic heterocycles. The van der Waals surface area contributed by atoms with Crippen molar-refractivity contribution in [2.75, 3.05) is 19.6 Å². The monoisotopic (exact) mass is 236 g/mol. The standard InChI is InChI=1S/C13H24N4/c1-3-17-8-4-5-12(10-17)11(2)16-9-13-14-6-7-15-13/h6-7,11-12,16H,3-5,8-10H2,1-2H3,(H,14,15).